The molecule has 11 heteroatoms. The van der Waals surface area contributed by atoms with Crippen LogP contribution in [0.2, 0.25) is 23.2 Å². The van der Waals surface area contributed by atoms with Gasteiger partial charge in [0, 0.05) is 42.2 Å². The van der Waals surface area contributed by atoms with Crippen molar-refractivity contribution in [3.8, 4) is 5.75 Å². The number of aryl methyl sites for hydroxylation is 1. The zero-order valence-corrected chi connectivity index (χ0v) is 32.9. The maximum atomic E-state index is 13.7. The number of benzene rings is 2. The molecule has 2 fully saturated rings. The molecular formula is C39H54ClN3O5SSi. The van der Waals surface area contributed by atoms with E-state index in [1.54, 1.807) is 6.07 Å². The number of fused-ring (bicyclic) bond motifs is 4. The van der Waals surface area contributed by atoms with Crippen LogP contribution in [0.4, 0.5) is 5.69 Å². The van der Waals surface area contributed by atoms with Crippen LogP contribution in [-0.4, -0.2) is 65.8 Å². The maximum Gasteiger partial charge on any atom is 0.304 e. The molecule has 2 bridgehead atoms. The third-order valence-electron chi connectivity index (χ3n) is 12.5. The lowest BCUT2D eigenvalue weighted by atomic mass is 9.68. The largest absolute Gasteiger partial charge is 0.490 e. The van der Waals surface area contributed by atoms with Crippen molar-refractivity contribution in [1.29, 1.82) is 0 Å². The Morgan fingerprint density at radius 1 is 1.10 bits per heavy atom. The Bertz CT molecular complexity index is 1760. The zero-order chi connectivity index (χ0) is 35.5. The summed E-state index contributed by atoms with van der Waals surface area (Å²) in [5, 5.41) is 0.812. The molecule has 2 aliphatic heterocycles. The van der Waals surface area contributed by atoms with Crippen molar-refractivity contribution in [3.63, 3.8) is 0 Å². The molecule has 7 rings (SSSR count). The second-order valence-corrected chi connectivity index (χ2v) is 23.9. The van der Waals surface area contributed by atoms with Gasteiger partial charge in [0.25, 0.3) is 5.91 Å². The van der Waals surface area contributed by atoms with Crippen molar-refractivity contribution in [3.05, 3.63) is 70.3 Å². The van der Waals surface area contributed by atoms with Crippen LogP contribution in [0.5, 0.6) is 5.75 Å². The van der Waals surface area contributed by atoms with E-state index in [-0.39, 0.29) is 16.6 Å². The molecule has 0 aromatic heterocycles. The minimum atomic E-state index is -4.06. The van der Waals surface area contributed by atoms with Gasteiger partial charge in [-0.2, -0.15) is 12.7 Å². The van der Waals surface area contributed by atoms with E-state index in [0.29, 0.717) is 49.4 Å². The Kier molecular flexibility index (Phi) is 9.76. The standard InChI is InChI=1S/C39H54ClN3O5SSi/c1-38(2,3)50(4,5)48-35-10-6-7-20-43(23-27-11-12-27)49(45,46)41-37(44)29-14-18-36-34(22-29)42(24-30-13-16-32(30)35)25-39(26-47-36)19-8-9-28-21-31(40)15-17-33(28)39/h6,10,14-15,17-18,21-22,27,30,32,35H,7-9,11-13,16,19-20,23-26H2,1-5H3,(H,41,44)/b10-6+/t30-,32+,35-,39-/m0/s1. The summed E-state index contributed by atoms with van der Waals surface area (Å²) >= 11 is 6.48. The topological polar surface area (TPSA) is 88.2 Å². The van der Waals surface area contributed by atoms with Crippen LogP contribution in [-0.2, 0) is 26.5 Å². The number of amides is 1. The lowest BCUT2D eigenvalue weighted by molar-refractivity contribution is 0.0524. The van der Waals surface area contributed by atoms with Gasteiger partial charge in [0.05, 0.1) is 18.4 Å². The molecule has 8 nitrogen and oxygen atoms in total. The first-order valence-electron chi connectivity index (χ1n) is 18.6. The number of carbonyl (C=O) groups is 1. The second-order valence-electron chi connectivity index (χ2n) is 17.1. The fourth-order valence-corrected chi connectivity index (χ4v) is 10.9. The first-order chi connectivity index (χ1) is 23.6. The summed E-state index contributed by atoms with van der Waals surface area (Å²) in [5.41, 5.74) is 3.49. The molecule has 50 heavy (non-hydrogen) atoms. The van der Waals surface area contributed by atoms with Gasteiger partial charge >= 0.3 is 10.2 Å². The third kappa shape index (κ3) is 7.29. The van der Waals surface area contributed by atoms with Gasteiger partial charge in [0.1, 0.15) is 5.75 Å². The minimum absolute atomic E-state index is 0.0451. The van der Waals surface area contributed by atoms with Crippen molar-refractivity contribution < 1.29 is 22.4 Å². The van der Waals surface area contributed by atoms with Gasteiger partial charge in [-0.1, -0.05) is 50.6 Å². The van der Waals surface area contributed by atoms with Crippen LogP contribution >= 0.6 is 11.6 Å². The molecule has 272 valence electrons. The van der Waals surface area contributed by atoms with E-state index >= 15 is 0 Å². The summed E-state index contributed by atoms with van der Waals surface area (Å²) < 4.78 is 45.2. The van der Waals surface area contributed by atoms with Crippen LogP contribution in [0.15, 0.2) is 48.6 Å². The Morgan fingerprint density at radius 3 is 2.62 bits per heavy atom. The molecule has 1 amide bonds. The van der Waals surface area contributed by atoms with Crippen LogP contribution in [0.25, 0.3) is 0 Å². The average molecular weight is 740 g/mol. The van der Waals surface area contributed by atoms with Gasteiger partial charge in [0.2, 0.25) is 0 Å². The summed E-state index contributed by atoms with van der Waals surface area (Å²) in [6.45, 7) is 14.3. The Balaban J connectivity index is 1.29. The van der Waals surface area contributed by atoms with Gasteiger partial charge < -0.3 is 14.1 Å². The predicted molar refractivity (Wildman–Crippen MR) is 203 cm³/mol. The number of halogens is 1. The fraction of sp³-hybridized carbons (Fsp3) is 0.615. The van der Waals surface area contributed by atoms with E-state index in [2.05, 4.69) is 67.8 Å². The number of nitrogens with zero attached hydrogens (tertiary/aromatic N) is 2. The monoisotopic (exact) mass is 739 g/mol. The summed E-state index contributed by atoms with van der Waals surface area (Å²) in [6.07, 6.45) is 12.1. The van der Waals surface area contributed by atoms with E-state index in [4.69, 9.17) is 20.8 Å². The summed E-state index contributed by atoms with van der Waals surface area (Å²) in [5.74, 6) is 1.18. The lowest BCUT2D eigenvalue weighted by Gasteiger charge is -2.48. The van der Waals surface area contributed by atoms with Gasteiger partial charge in [-0.25, -0.2) is 4.72 Å². The molecular weight excluding hydrogens is 686 g/mol. The zero-order valence-electron chi connectivity index (χ0n) is 30.3. The van der Waals surface area contributed by atoms with Gasteiger partial charge in [-0.15, -0.1) is 0 Å². The van der Waals surface area contributed by atoms with E-state index in [9.17, 15) is 13.2 Å². The highest BCUT2D eigenvalue weighted by molar-refractivity contribution is 7.87. The van der Waals surface area contributed by atoms with Crippen molar-refractivity contribution in [1.82, 2.24) is 9.03 Å². The highest BCUT2D eigenvalue weighted by atomic mass is 35.5. The Hall–Kier alpha value is -2.37. The first kappa shape index (κ1) is 36.0. The van der Waals surface area contributed by atoms with Crippen LogP contribution in [0, 0.1) is 17.8 Å². The van der Waals surface area contributed by atoms with Crippen LogP contribution in [0.1, 0.15) is 87.2 Å². The third-order valence-corrected chi connectivity index (χ3v) is 18.6. The van der Waals surface area contributed by atoms with Crippen molar-refractivity contribution in [2.75, 3.05) is 37.7 Å². The molecule has 4 atom stereocenters. The highest BCUT2D eigenvalue weighted by Gasteiger charge is 2.47. The lowest BCUT2D eigenvalue weighted by Crippen LogP contribution is -2.52. The Morgan fingerprint density at radius 2 is 1.90 bits per heavy atom. The molecule has 1 spiro atoms. The number of ether oxygens (including phenoxy) is 1. The van der Waals surface area contributed by atoms with Crippen LogP contribution in [0.3, 0.4) is 0 Å². The summed E-state index contributed by atoms with van der Waals surface area (Å²) in [4.78, 5) is 16.1. The molecule has 2 aromatic rings. The Labute approximate surface area is 305 Å². The smallest absolute Gasteiger partial charge is 0.304 e. The molecule has 0 unspecified atom stereocenters. The first-order valence-corrected chi connectivity index (χ1v) is 23.3. The predicted octanol–water partition coefficient (Wildman–Crippen LogP) is 7.88. The normalized spacial score (nSPS) is 29.5. The van der Waals surface area contributed by atoms with E-state index < -0.39 is 24.4 Å². The molecule has 2 heterocycles. The summed E-state index contributed by atoms with van der Waals surface area (Å²) in [6, 6.07) is 11.7. The number of nitrogens with one attached hydrogen (secondary N) is 1. The van der Waals surface area contributed by atoms with Gasteiger partial charge in [-0.3, -0.25) is 4.79 Å². The van der Waals surface area contributed by atoms with Crippen molar-refractivity contribution >= 4 is 41.7 Å². The SMILES string of the molecule is CC(C)(C)[Si](C)(C)O[C@H]1/C=C/CCN(CC2CC2)S(=O)(=O)NC(=O)c2ccc3c(c2)N(C[C@@H]2CC[C@H]21)C[C@@]1(CCCc2cc(Cl)ccc21)CO3. The molecule has 5 aliphatic rings. The summed E-state index contributed by atoms with van der Waals surface area (Å²) in [7, 11) is -6.17. The molecule has 1 N–H and O–H groups in total. The van der Waals surface area contributed by atoms with Crippen molar-refractivity contribution in [2.24, 2.45) is 17.8 Å². The quantitative estimate of drug-likeness (QED) is 0.254. The van der Waals surface area contributed by atoms with E-state index in [0.717, 1.165) is 74.5 Å². The van der Waals surface area contributed by atoms with Gasteiger partial charge in [0.15, 0.2) is 8.32 Å². The minimum Gasteiger partial charge on any atom is -0.490 e. The van der Waals surface area contributed by atoms with E-state index in [1.165, 1.54) is 15.4 Å². The molecule has 3 aliphatic carbocycles. The van der Waals surface area contributed by atoms with Crippen molar-refractivity contribution in [2.45, 2.75) is 102 Å². The molecule has 2 aromatic carbocycles. The number of hydrogen-bond acceptors (Lipinski definition) is 6. The van der Waals surface area contributed by atoms with Gasteiger partial charge in [-0.05, 0) is 129 Å². The second kappa shape index (κ2) is 13.6. The number of rotatable bonds is 4. The van der Waals surface area contributed by atoms with Crippen LogP contribution < -0.4 is 14.4 Å². The molecule has 2 saturated carbocycles. The number of anilines is 1. The molecule has 0 saturated heterocycles. The number of carbonyl (C=O) groups excluding carboxylic acids is 1. The number of hydrogen-bond donors (Lipinski definition) is 1. The highest BCUT2D eigenvalue weighted by Crippen LogP contribution is 2.48. The maximum absolute atomic E-state index is 13.7. The average Bonchev–Trinajstić information content (AvgIpc) is 3.86. The molecule has 0 radical (unpaired) electrons. The fourth-order valence-electron chi connectivity index (χ4n) is 8.17. The van der Waals surface area contributed by atoms with E-state index in [1.807, 2.05) is 18.2 Å².